The molecule has 1 aromatic heterocycles. The van der Waals surface area contributed by atoms with Crippen LogP contribution in [0.5, 0.6) is 0 Å². The van der Waals surface area contributed by atoms with Crippen molar-refractivity contribution in [3.63, 3.8) is 0 Å². The zero-order valence-electron chi connectivity index (χ0n) is 8.84. The molecule has 1 aromatic carbocycles. The smallest absolute Gasteiger partial charge is 0.133 e. The lowest BCUT2D eigenvalue weighted by atomic mass is 10.2. The van der Waals surface area contributed by atoms with Gasteiger partial charge in [0.25, 0.3) is 0 Å². The van der Waals surface area contributed by atoms with Gasteiger partial charge in [-0.1, -0.05) is 6.07 Å². The Morgan fingerprint density at radius 1 is 1.06 bits per heavy atom. The Kier molecular flexibility index (Phi) is 3.81. The fourth-order valence-corrected chi connectivity index (χ4v) is 2.14. The van der Waals surface area contributed by atoms with Crippen molar-refractivity contribution in [1.29, 1.82) is 0 Å². The van der Waals surface area contributed by atoms with E-state index in [9.17, 15) is 13.2 Å². The number of thiophene rings is 1. The predicted octanol–water partition coefficient (Wildman–Crippen LogP) is 3.46. The molecule has 0 unspecified atom stereocenters. The van der Waals surface area contributed by atoms with Gasteiger partial charge in [-0.3, -0.25) is 0 Å². The van der Waals surface area contributed by atoms with Crippen LogP contribution in [0.4, 0.5) is 13.2 Å². The highest BCUT2D eigenvalue weighted by Crippen LogP contribution is 2.15. The number of rotatable bonds is 4. The molecule has 0 bridgehead atoms. The van der Waals surface area contributed by atoms with Crippen molar-refractivity contribution in [3.05, 3.63) is 57.5 Å². The van der Waals surface area contributed by atoms with Gasteiger partial charge in [0.05, 0.1) is 0 Å². The summed E-state index contributed by atoms with van der Waals surface area (Å²) in [4.78, 5) is 1.08. The van der Waals surface area contributed by atoms with Crippen molar-refractivity contribution < 1.29 is 13.2 Å². The van der Waals surface area contributed by atoms with Gasteiger partial charge in [0.1, 0.15) is 17.5 Å². The van der Waals surface area contributed by atoms with Crippen LogP contribution in [0.15, 0.2) is 29.6 Å². The fraction of sp³-hybridized carbons (Fsp3) is 0.167. The predicted molar refractivity (Wildman–Crippen MR) is 61.2 cm³/mol. The molecule has 0 fully saturated rings. The maximum Gasteiger partial charge on any atom is 0.133 e. The minimum absolute atomic E-state index is 0.0375. The molecule has 1 heterocycles. The monoisotopic (exact) mass is 257 g/mol. The maximum atomic E-state index is 13.3. The van der Waals surface area contributed by atoms with Crippen LogP contribution in [-0.2, 0) is 13.1 Å². The quantitative estimate of drug-likeness (QED) is 0.884. The second-order valence-electron chi connectivity index (χ2n) is 3.53. The van der Waals surface area contributed by atoms with Crippen molar-refractivity contribution in [2.45, 2.75) is 13.1 Å². The van der Waals surface area contributed by atoms with E-state index in [2.05, 4.69) is 5.32 Å². The lowest BCUT2D eigenvalue weighted by molar-refractivity contribution is 0.511. The van der Waals surface area contributed by atoms with E-state index in [0.29, 0.717) is 18.7 Å². The molecule has 0 amide bonds. The Hall–Kier alpha value is -1.33. The van der Waals surface area contributed by atoms with Crippen LogP contribution in [0.2, 0.25) is 0 Å². The summed E-state index contributed by atoms with van der Waals surface area (Å²) in [6, 6.07) is 5.20. The summed E-state index contributed by atoms with van der Waals surface area (Å²) in [6.07, 6.45) is 0. The van der Waals surface area contributed by atoms with E-state index in [1.807, 2.05) is 17.5 Å². The Labute approximate surface area is 101 Å². The van der Waals surface area contributed by atoms with Crippen LogP contribution in [0.1, 0.15) is 10.4 Å². The summed E-state index contributed by atoms with van der Waals surface area (Å²) in [5, 5.41) is 4.84. The first kappa shape index (κ1) is 12.1. The van der Waals surface area contributed by atoms with E-state index in [0.717, 1.165) is 4.88 Å². The highest BCUT2D eigenvalue weighted by atomic mass is 32.1. The van der Waals surface area contributed by atoms with Crippen molar-refractivity contribution >= 4 is 11.3 Å². The van der Waals surface area contributed by atoms with Gasteiger partial charge in [-0.2, -0.15) is 0 Å². The number of benzene rings is 1. The van der Waals surface area contributed by atoms with Crippen LogP contribution in [0.3, 0.4) is 0 Å². The van der Waals surface area contributed by atoms with Gasteiger partial charge >= 0.3 is 0 Å². The topological polar surface area (TPSA) is 12.0 Å². The Balaban J connectivity index is 1.99. The third-order valence-corrected chi connectivity index (χ3v) is 3.16. The van der Waals surface area contributed by atoms with Crippen molar-refractivity contribution in [2.24, 2.45) is 0 Å². The van der Waals surface area contributed by atoms with Crippen LogP contribution < -0.4 is 5.32 Å². The van der Waals surface area contributed by atoms with Gasteiger partial charge in [-0.05, 0) is 11.4 Å². The number of nitrogens with one attached hydrogen (secondary N) is 1. The summed E-state index contributed by atoms with van der Waals surface area (Å²) < 4.78 is 39.2. The van der Waals surface area contributed by atoms with Crippen LogP contribution in [-0.4, -0.2) is 0 Å². The highest BCUT2D eigenvalue weighted by Gasteiger charge is 2.10. The molecule has 0 spiro atoms. The van der Waals surface area contributed by atoms with Crippen molar-refractivity contribution in [3.8, 4) is 0 Å². The van der Waals surface area contributed by atoms with Gasteiger partial charge in [-0.15, -0.1) is 11.3 Å². The molecule has 0 aliphatic heterocycles. The summed E-state index contributed by atoms with van der Waals surface area (Å²) in [5.41, 5.74) is -0.136. The lowest BCUT2D eigenvalue weighted by Gasteiger charge is -2.06. The molecule has 17 heavy (non-hydrogen) atoms. The average Bonchev–Trinajstić information content (AvgIpc) is 2.74. The zero-order chi connectivity index (χ0) is 12.3. The van der Waals surface area contributed by atoms with E-state index >= 15 is 0 Å². The van der Waals surface area contributed by atoms with Crippen LogP contribution in [0, 0.1) is 17.5 Å². The normalized spacial score (nSPS) is 10.8. The van der Waals surface area contributed by atoms with Crippen molar-refractivity contribution in [2.75, 3.05) is 0 Å². The third kappa shape index (κ3) is 3.08. The molecule has 2 aromatic rings. The SMILES string of the molecule is Fc1cc(F)c(CNCc2cccs2)c(F)c1. The second-order valence-corrected chi connectivity index (χ2v) is 4.56. The summed E-state index contributed by atoms with van der Waals surface area (Å²) >= 11 is 1.56. The Morgan fingerprint density at radius 2 is 1.76 bits per heavy atom. The third-order valence-electron chi connectivity index (χ3n) is 2.29. The van der Waals surface area contributed by atoms with Gasteiger partial charge in [0.2, 0.25) is 0 Å². The van der Waals surface area contributed by atoms with Gasteiger partial charge in [-0.25, -0.2) is 13.2 Å². The molecule has 90 valence electrons. The van der Waals surface area contributed by atoms with Crippen LogP contribution >= 0.6 is 11.3 Å². The Morgan fingerprint density at radius 3 is 2.35 bits per heavy atom. The molecular weight excluding hydrogens is 247 g/mol. The fourth-order valence-electron chi connectivity index (χ4n) is 1.46. The van der Waals surface area contributed by atoms with E-state index < -0.39 is 17.5 Å². The van der Waals surface area contributed by atoms with Crippen molar-refractivity contribution in [1.82, 2.24) is 5.32 Å². The molecule has 0 aliphatic carbocycles. The van der Waals surface area contributed by atoms with E-state index in [4.69, 9.17) is 0 Å². The van der Waals surface area contributed by atoms with E-state index in [1.165, 1.54) is 0 Å². The largest absolute Gasteiger partial charge is 0.308 e. The number of halogens is 3. The van der Waals surface area contributed by atoms with Crippen LogP contribution in [0.25, 0.3) is 0 Å². The lowest BCUT2D eigenvalue weighted by Crippen LogP contribution is -2.14. The molecule has 1 N–H and O–H groups in total. The molecular formula is C12H10F3NS. The molecule has 1 nitrogen and oxygen atoms in total. The maximum absolute atomic E-state index is 13.3. The van der Waals surface area contributed by atoms with E-state index in [1.54, 1.807) is 11.3 Å². The summed E-state index contributed by atoms with van der Waals surface area (Å²) in [6.45, 7) is 0.573. The molecule has 5 heteroatoms. The molecule has 0 atom stereocenters. The van der Waals surface area contributed by atoms with E-state index in [-0.39, 0.29) is 12.1 Å². The first-order chi connectivity index (χ1) is 8.16. The minimum atomic E-state index is -0.901. The minimum Gasteiger partial charge on any atom is -0.308 e. The standard InChI is InChI=1S/C12H10F3NS/c13-8-4-11(14)10(12(15)5-8)7-16-6-9-2-1-3-17-9/h1-5,16H,6-7H2. The Bertz CT molecular complexity index is 473. The molecule has 0 saturated carbocycles. The molecule has 0 saturated heterocycles. The second kappa shape index (κ2) is 5.33. The number of hydrogen-bond donors (Lipinski definition) is 1. The van der Waals surface area contributed by atoms with Gasteiger partial charge < -0.3 is 5.32 Å². The van der Waals surface area contributed by atoms with Gasteiger partial charge in [0.15, 0.2) is 0 Å². The summed E-state index contributed by atoms with van der Waals surface area (Å²) in [7, 11) is 0. The number of hydrogen-bond acceptors (Lipinski definition) is 2. The van der Waals surface area contributed by atoms with Gasteiger partial charge in [0, 0.05) is 35.7 Å². The summed E-state index contributed by atoms with van der Waals surface area (Å²) in [5.74, 6) is -2.62. The average molecular weight is 257 g/mol. The first-order valence-electron chi connectivity index (χ1n) is 5.03. The zero-order valence-corrected chi connectivity index (χ0v) is 9.66. The molecule has 0 radical (unpaired) electrons. The molecule has 2 rings (SSSR count). The molecule has 0 aliphatic rings. The highest BCUT2D eigenvalue weighted by molar-refractivity contribution is 7.09. The first-order valence-corrected chi connectivity index (χ1v) is 5.91.